The molecule has 1 aromatic heterocycles. The number of hydrogen-bond acceptors (Lipinski definition) is 2. The molecule has 0 spiro atoms. The lowest BCUT2D eigenvalue weighted by Gasteiger charge is -2.12. The molecule has 19 heavy (non-hydrogen) atoms. The minimum absolute atomic E-state index is 0.0563. The van der Waals surface area contributed by atoms with E-state index in [1.54, 1.807) is 24.3 Å². The number of para-hydroxylation sites is 2. The van der Waals surface area contributed by atoms with Gasteiger partial charge >= 0.3 is 6.18 Å². The maximum absolute atomic E-state index is 12.7. The summed E-state index contributed by atoms with van der Waals surface area (Å²) in [4.78, 5) is 4.28. The summed E-state index contributed by atoms with van der Waals surface area (Å²) in [6.07, 6.45) is -3.20. The van der Waals surface area contributed by atoms with Gasteiger partial charge in [0.25, 0.3) is 0 Å². The summed E-state index contributed by atoms with van der Waals surface area (Å²) >= 11 is 0. The highest BCUT2D eigenvalue weighted by Gasteiger charge is 2.30. The minimum Gasteiger partial charge on any atom is -0.328 e. The molecule has 1 heterocycles. The third kappa shape index (κ3) is 3.47. The highest BCUT2D eigenvalue weighted by molar-refractivity contribution is 5.75. The summed E-state index contributed by atoms with van der Waals surface area (Å²) in [7, 11) is 0. The van der Waals surface area contributed by atoms with Gasteiger partial charge in [0, 0.05) is 12.5 Å². The van der Waals surface area contributed by atoms with Gasteiger partial charge in [-0.1, -0.05) is 12.1 Å². The van der Waals surface area contributed by atoms with Crippen molar-refractivity contribution in [2.24, 2.45) is 5.73 Å². The van der Waals surface area contributed by atoms with E-state index in [0.29, 0.717) is 29.7 Å². The monoisotopic (exact) mass is 271 g/mol. The van der Waals surface area contributed by atoms with E-state index < -0.39 is 12.7 Å². The van der Waals surface area contributed by atoms with Crippen molar-refractivity contribution in [1.29, 1.82) is 0 Å². The molecule has 0 saturated carbocycles. The fourth-order valence-corrected chi connectivity index (χ4v) is 2.03. The topological polar surface area (TPSA) is 43.8 Å². The first kappa shape index (κ1) is 13.9. The van der Waals surface area contributed by atoms with Crippen molar-refractivity contribution in [3.8, 4) is 0 Å². The van der Waals surface area contributed by atoms with E-state index in [1.807, 2.05) is 6.92 Å². The molecule has 0 amide bonds. The predicted octanol–water partition coefficient (Wildman–Crippen LogP) is 2.88. The van der Waals surface area contributed by atoms with Crippen molar-refractivity contribution in [1.82, 2.24) is 9.55 Å². The summed E-state index contributed by atoms with van der Waals surface area (Å²) < 4.78 is 39.2. The lowest BCUT2D eigenvalue weighted by molar-refractivity contribution is -0.140. The Hall–Kier alpha value is -1.56. The van der Waals surface area contributed by atoms with E-state index in [2.05, 4.69) is 4.98 Å². The van der Waals surface area contributed by atoms with Crippen LogP contribution in [0.5, 0.6) is 0 Å². The summed E-state index contributed by atoms with van der Waals surface area (Å²) in [5, 5.41) is 0. The van der Waals surface area contributed by atoms with Crippen LogP contribution >= 0.6 is 0 Å². The first-order chi connectivity index (χ1) is 8.87. The number of halogens is 3. The Bertz CT molecular complexity index is 558. The highest BCUT2D eigenvalue weighted by atomic mass is 19.4. The molecule has 104 valence electrons. The van der Waals surface area contributed by atoms with E-state index in [4.69, 9.17) is 5.73 Å². The Morgan fingerprint density at radius 1 is 1.32 bits per heavy atom. The fraction of sp³-hybridized carbons (Fsp3) is 0.462. The van der Waals surface area contributed by atoms with Crippen LogP contribution < -0.4 is 5.73 Å². The molecule has 1 unspecified atom stereocenters. The van der Waals surface area contributed by atoms with Gasteiger partial charge in [-0.15, -0.1) is 0 Å². The van der Waals surface area contributed by atoms with Crippen molar-refractivity contribution >= 4 is 11.0 Å². The van der Waals surface area contributed by atoms with E-state index in [0.717, 1.165) is 0 Å². The van der Waals surface area contributed by atoms with Crippen molar-refractivity contribution in [3.63, 3.8) is 0 Å². The molecule has 0 aliphatic rings. The van der Waals surface area contributed by atoms with Gasteiger partial charge in [0.1, 0.15) is 12.4 Å². The number of nitrogens with zero attached hydrogens (tertiary/aromatic N) is 2. The van der Waals surface area contributed by atoms with Crippen LogP contribution in [-0.4, -0.2) is 21.8 Å². The Kier molecular flexibility index (Phi) is 3.80. The molecule has 1 atom stereocenters. The number of fused-ring (bicyclic) bond motifs is 1. The molecule has 3 nitrogen and oxygen atoms in total. The molecular weight excluding hydrogens is 255 g/mol. The van der Waals surface area contributed by atoms with Crippen LogP contribution in [0.4, 0.5) is 13.2 Å². The average molecular weight is 271 g/mol. The number of aryl methyl sites for hydroxylation is 1. The maximum Gasteiger partial charge on any atom is 0.406 e. The quantitative estimate of drug-likeness (QED) is 0.929. The molecule has 0 fully saturated rings. The van der Waals surface area contributed by atoms with Crippen molar-refractivity contribution in [2.75, 3.05) is 0 Å². The normalized spacial score (nSPS) is 13.9. The molecule has 0 aliphatic heterocycles. The molecule has 2 rings (SSSR count). The zero-order chi connectivity index (χ0) is 14.0. The van der Waals surface area contributed by atoms with Gasteiger partial charge in [-0.25, -0.2) is 4.98 Å². The summed E-state index contributed by atoms with van der Waals surface area (Å²) in [5.74, 6) is 0.441. The van der Waals surface area contributed by atoms with Crippen LogP contribution in [0.15, 0.2) is 24.3 Å². The molecule has 2 N–H and O–H groups in total. The Labute approximate surface area is 109 Å². The van der Waals surface area contributed by atoms with Crippen LogP contribution in [0.3, 0.4) is 0 Å². The second kappa shape index (κ2) is 5.21. The fourth-order valence-electron chi connectivity index (χ4n) is 2.03. The van der Waals surface area contributed by atoms with E-state index in [-0.39, 0.29) is 6.04 Å². The molecule has 1 aromatic carbocycles. The summed E-state index contributed by atoms with van der Waals surface area (Å²) in [6, 6.07) is 6.80. The van der Waals surface area contributed by atoms with Gasteiger partial charge in [-0.2, -0.15) is 13.2 Å². The van der Waals surface area contributed by atoms with Crippen LogP contribution in [0, 0.1) is 0 Å². The largest absolute Gasteiger partial charge is 0.406 e. The maximum atomic E-state index is 12.7. The molecule has 0 radical (unpaired) electrons. The number of alkyl halides is 3. The molecular formula is C13H16F3N3. The zero-order valence-corrected chi connectivity index (χ0v) is 10.6. The van der Waals surface area contributed by atoms with Crippen molar-refractivity contribution < 1.29 is 13.2 Å². The second-order valence-electron chi connectivity index (χ2n) is 4.73. The number of hydrogen-bond donors (Lipinski definition) is 1. The van der Waals surface area contributed by atoms with Gasteiger partial charge in [0.15, 0.2) is 0 Å². The first-order valence-corrected chi connectivity index (χ1v) is 6.13. The Morgan fingerprint density at radius 2 is 2.00 bits per heavy atom. The second-order valence-corrected chi connectivity index (χ2v) is 4.73. The third-order valence-electron chi connectivity index (χ3n) is 2.89. The number of aromatic nitrogens is 2. The highest BCUT2D eigenvalue weighted by Crippen LogP contribution is 2.24. The van der Waals surface area contributed by atoms with E-state index in [9.17, 15) is 13.2 Å². The van der Waals surface area contributed by atoms with Gasteiger partial charge in [0.05, 0.1) is 11.0 Å². The molecule has 0 aliphatic carbocycles. The smallest absolute Gasteiger partial charge is 0.328 e. The number of rotatable bonds is 4. The molecule has 6 heteroatoms. The van der Waals surface area contributed by atoms with Crippen molar-refractivity contribution in [3.05, 3.63) is 30.1 Å². The van der Waals surface area contributed by atoms with Gasteiger partial charge in [-0.05, 0) is 25.5 Å². The van der Waals surface area contributed by atoms with Gasteiger partial charge in [0.2, 0.25) is 0 Å². The van der Waals surface area contributed by atoms with Crippen molar-refractivity contribution in [2.45, 2.75) is 38.5 Å². The zero-order valence-electron chi connectivity index (χ0n) is 10.6. The average Bonchev–Trinajstić information content (AvgIpc) is 2.63. The Morgan fingerprint density at radius 3 is 2.63 bits per heavy atom. The third-order valence-corrected chi connectivity index (χ3v) is 2.89. The standard InChI is InChI=1S/C13H16F3N3/c1-9(17)6-7-12-18-10-4-2-3-5-11(10)19(12)8-13(14,15)16/h2-5,9H,6-8,17H2,1H3. The van der Waals surface area contributed by atoms with Crippen LogP contribution in [-0.2, 0) is 13.0 Å². The molecule has 0 bridgehead atoms. The lowest BCUT2D eigenvalue weighted by atomic mass is 10.2. The number of imidazole rings is 1. The molecule has 0 saturated heterocycles. The van der Waals surface area contributed by atoms with Gasteiger partial charge in [-0.3, -0.25) is 0 Å². The van der Waals surface area contributed by atoms with Crippen LogP contribution in [0.2, 0.25) is 0 Å². The van der Waals surface area contributed by atoms with Crippen LogP contribution in [0.1, 0.15) is 19.2 Å². The predicted molar refractivity (Wildman–Crippen MR) is 67.8 cm³/mol. The van der Waals surface area contributed by atoms with Gasteiger partial charge < -0.3 is 10.3 Å². The summed E-state index contributed by atoms with van der Waals surface area (Å²) in [5.41, 5.74) is 6.76. The number of nitrogens with two attached hydrogens (primary N) is 1. The van der Waals surface area contributed by atoms with E-state index in [1.165, 1.54) is 4.57 Å². The number of benzene rings is 1. The Balaban J connectivity index is 2.40. The SMILES string of the molecule is CC(N)CCc1nc2ccccc2n1CC(F)(F)F. The van der Waals surface area contributed by atoms with Crippen LogP contribution in [0.25, 0.3) is 11.0 Å². The summed E-state index contributed by atoms with van der Waals surface area (Å²) in [6.45, 7) is 0.818. The lowest BCUT2D eigenvalue weighted by Crippen LogP contribution is -2.21. The molecule has 2 aromatic rings. The van der Waals surface area contributed by atoms with E-state index >= 15 is 0 Å². The minimum atomic E-state index is -4.26. The first-order valence-electron chi connectivity index (χ1n) is 6.13.